The van der Waals surface area contributed by atoms with E-state index in [0.29, 0.717) is 0 Å². The van der Waals surface area contributed by atoms with Crippen molar-refractivity contribution >= 4 is 0 Å². The Balaban J connectivity index is 0. The third-order valence-corrected chi connectivity index (χ3v) is 3.18. The zero-order valence-corrected chi connectivity index (χ0v) is 15.0. The molecular formula is C10H19I2NPt. The minimum Gasteiger partial charge on any atom is -1.00 e. The molecule has 0 saturated heterocycles. The molecule has 2 aliphatic carbocycles. The summed E-state index contributed by atoms with van der Waals surface area (Å²) in [6.45, 7) is 0. The Labute approximate surface area is 136 Å². The summed E-state index contributed by atoms with van der Waals surface area (Å²) in [4.78, 5) is 0. The molecule has 0 bridgehead atoms. The van der Waals surface area contributed by atoms with Gasteiger partial charge in [0.15, 0.2) is 0 Å². The summed E-state index contributed by atoms with van der Waals surface area (Å²) in [5.74, 6) is 0. The SMILES string of the molecule is C1CCC(NC2CCCC2)C1.[I-].[I-].[Pt+2]. The van der Waals surface area contributed by atoms with Crippen molar-refractivity contribution < 1.29 is 69.0 Å². The van der Waals surface area contributed by atoms with Crippen molar-refractivity contribution in [3.8, 4) is 0 Å². The molecular weight excluding hydrogens is 583 g/mol. The molecule has 2 rings (SSSR count). The van der Waals surface area contributed by atoms with E-state index in [0.717, 1.165) is 12.1 Å². The molecule has 0 radical (unpaired) electrons. The second kappa shape index (κ2) is 10.3. The van der Waals surface area contributed by atoms with Gasteiger partial charge in [-0.1, -0.05) is 25.7 Å². The predicted molar refractivity (Wildman–Crippen MR) is 47.6 cm³/mol. The van der Waals surface area contributed by atoms with Crippen LogP contribution in [0.3, 0.4) is 0 Å². The molecule has 0 aliphatic heterocycles. The standard InChI is InChI=1S/C10H19N.2HI.Pt/c1-2-6-9(5-1)11-10-7-3-4-8-10;;;/h9-11H,1-8H2;2*1H;/q;;;+2/p-2. The normalized spacial score (nSPS) is 22.3. The Morgan fingerprint density at radius 2 is 0.929 bits per heavy atom. The van der Waals surface area contributed by atoms with Crippen LogP contribution in [0.25, 0.3) is 0 Å². The monoisotopic (exact) mass is 602 g/mol. The fourth-order valence-electron chi connectivity index (χ4n) is 2.52. The van der Waals surface area contributed by atoms with E-state index in [1.54, 1.807) is 0 Å². The van der Waals surface area contributed by atoms with Crippen molar-refractivity contribution in [1.29, 1.82) is 0 Å². The van der Waals surface area contributed by atoms with Gasteiger partial charge in [-0.15, -0.1) is 0 Å². The average molecular weight is 602 g/mol. The van der Waals surface area contributed by atoms with Crippen molar-refractivity contribution in [2.45, 2.75) is 63.5 Å². The van der Waals surface area contributed by atoms with E-state index in [9.17, 15) is 0 Å². The van der Waals surface area contributed by atoms with Gasteiger partial charge in [-0.25, -0.2) is 0 Å². The van der Waals surface area contributed by atoms with Crippen molar-refractivity contribution in [3.63, 3.8) is 0 Å². The predicted octanol–water partition coefficient (Wildman–Crippen LogP) is -3.53. The maximum atomic E-state index is 3.78. The van der Waals surface area contributed by atoms with Gasteiger partial charge in [0.1, 0.15) is 0 Å². The van der Waals surface area contributed by atoms with Crippen LogP contribution in [0.5, 0.6) is 0 Å². The van der Waals surface area contributed by atoms with Crippen LogP contribution in [0.2, 0.25) is 0 Å². The molecule has 1 N–H and O–H groups in total. The fourth-order valence-corrected chi connectivity index (χ4v) is 2.52. The molecule has 0 unspecified atom stereocenters. The van der Waals surface area contributed by atoms with Crippen LogP contribution in [0.15, 0.2) is 0 Å². The Kier molecular flexibility index (Phi) is 13.6. The van der Waals surface area contributed by atoms with E-state index in [4.69, 9.17) is 0 Å². The van der Waals surface area contributed by atoms with Crippen molar-refractivity contribution in [3.05, 3.63) is 0 Å². The number of nitrogens with one attached hydrogen (secondary N) is 1. The van der Waals surface area contributed by atoms with Crippen LogP contribution in [0.1, 0.15) is 51.4 Å². The zero-order valence-electron chi connectivity index (χ0n) is 8.38. The third-order valence-electron chi connectivity index (χ3n) is 3.18. The molecule has 2 aliphatic rings. The summed E-state index contributed by atoms with van der Waals surface area (Å²) in [6.07, 6.45) is 11.6. The van der Waals surface area contributed by atoms with Crippen LogP contribution in [-0.2, 0) is 21.1 Å². The van der Waals surface area contributed by atoms with Crippen LogP contribution >= 0.6 is 0 Å². The number of hydrogen-bond donors (Lipinski definition) is 1. The van der Waals surface area contributed by atoms with Gasteiger partial charge in [-0.05, 0) is 25.7 Å². The minimum absolute atomic E-state index is 0. The Bertz CT molecular complexity index is 109. The fraction of sp³-hybridized carbons (Fsp3) is 1.00. The molecule has 2 saturated carbocycles. The average Bonchev–Trinajstić information content (AvgIpc) is 2.60. The van der Waals surface area contributed by atoms with E-state index in [2.05, 4.69) is 5.32 Å². The second-order valence-corrected chi connectivity index (χ2v) is 4.13. The number of hydrogen-bond acceptors (Lipinski definition) is 1. The van der Waals surface area contributed by atoms with Crippen LogP contribution in [0, 0.1) is 0 Å². The second-order valence-electron chi connectivity index (χ2n) is 4.13. The molecule has 0 aromatic carbocycles. The third kappa shape index (κ3) is 6.00. The first-order valence-electron chi connectivity index (χ1n) is 5.21. The molecule has 0 aromatic heterocycles. The molecule has 88 valence electrons. The van der Waals surface area contributed by atoms with Gasteiger partial charge < -0.3 is 53.3 Å². The first-order valence-corrected chi connectivity index (χ1v) is 5.21. The van der Waals surface area contributed by atoms with Gasteiger partial charge in [0.25, 0.3) is 0 Å². The summed E-state index contributed by atoms with van der Waals surface area (Å²) >= 11 is 0. The molecule has 0 amide bonds. The number of rotatable bonds is 2. The van der Waals surface area contributed by atoms with Gasteiger partial charge in [0.2, 0.25) is 0 Å². The molecule has 0 spiro atoms. The minimum atomic E-state index is 0. The molecule has 1 nitrogen and oxygen atoms in total. The van der Waals surface area contributed by atoms with Crippen molar-refractivity contribution in [2.75, 3.05) is 0 Å². The molecule has 0 heterocycles. The zero-order chi connectivity index (χ0) is 7.52. The van der Waals surface area contributed by atoms with E-state index >= 15 is 0 Å². The summed E-state index contributed by atoms with van der Waals surface area (Å²) in [5.41, 5.74) is 0. The van der Waals surface area contributed by atoms with E-state index in [1.807, 2.05) is 0 Å². The Morgan fingerprint density at radius 3 is 1.21 bits per heavy atom. The Morgan fingerprint density at radius 1 is 0.643 bits per heavy atom. The van der Waals surface area contributed by atoms with Crippen molar-refractivity contribution in [1.82, 2.24) is 5.32 Å². The largest absolute Gasteiger partial charge is 2.00 e. The van der Waals surface area contributed by atoms with Gasteiger partial charge in [0.05, 0.1) is 0 Å². The van der Waals surface area contributed by atoms with Gasteiger partial charge in [-0.2, -0.15) is 0 Å². The first kappa shape index (κ1) is 18.5. The van der Waals surface area contributed by atoms with E-state index < -0.39 is 0 Å². The van der Waals surface area contributed by atoms with Crippen molar-refractivity contribution in [2.24, 2.45) is 0 Å². The van der Waals surface area contributed by atoms with Crippen LogP contribution in [-0.4, -0.2) is 12.1 Å². The molecule has 0 atom stereocenters. The van der Waals surface area contributed by atoms with Crippen LogP contribution < -0.4 is 53.3 Å². The smallest absolute Gasteiger partial charge is 1.00 e. The summed E-state index contributed by atoms with van der Waals surface area (Å²) in [6, 6.07) is 1.77. The maximum Gasteiger partial charge on any atom is 2.00 e. The first-order chi connectivity index (χ1) is 5.45. The topological polar surface area (TPSA) is 12.0 Å². The molecule has 4 heteroatoms. The number of halogens is 2. The molecule has 2 fully saturated rings. The summed E-state index contributed by atoms with van der Waals surface area (Å²) < 4.78 is 0. The maximum absolute atomic E-state index is 3.78. The van der Waals surface area contributed by atoms with Gasteiger partial charge >= 0.3 is 21.1 Å². The summed E-state index contributed by atoms with van der Waals surface area (Å²) in [5, 5.41) is 3.78. The quantitative estimate of drug-likeness (QED) is 0.324. The van der Waals surface area contributed by atoms with Gasteiger partial charge in [0, 0.05) is 12.1 Å². The molecule has 0 aromatic rings. The Hall–Kier alpha value is 2.11. The summed E-state index contributed by atoms with van der Waals surface area (Å²) in [7, 11) is 0. The van der Waals surface area contributed by atoms with E-state index in [-0.39, 0.29) is 69.0 Å². The van der Waals surface area contributed by atoms with E-state index in [1.165, 1.54) is 51.4 Å². The van der Waals surface area contributed by atoms with Crippen LogP contribution in [0.4, 0.5) is 0 Å². The molecule has 14 heavy (non-hydrogen) atoms. The van der Waals surface area contributed by atoms with Gasteiger partial charge in [-0.3, -0.25) is 0 Å².